The topological polar surface area (TPSA) is 29.5 Å². The molecule has 184 valence electrons. The lowest BCUT2D eigenvalue weighted by molar-refractivity contribution is -0.0577. The Kier molecular flexibility index (Phi) is 6.65. The molecule has 32 heavy (non-hydrogen) atoms. The van der Waals surface area contributed by atoms with Crippen molar-refractivity contribution in [3.8, 4) is 0 Å². The average molecular weight is 461 g/mol. The first-order valence-corrected chi connectivity index (χ1v) is 16.7. The molecule has 0 aliphatic heterocycles. The molecule has 0 aromatic heterocycles. The van der Waals surface area contributed by atoms with Crippen LogP contribution in [0.5, 0.6) is 0 Å². The Morgan fingerprint density at radius 3 is 2.50 bits per heavy atom. The highest BCUT2D eigenvalue weighted by Gasteiger charge is 2.59. The molecular weight excluding hydrogens is 408 g/mol. The van der Waals surface area contributed by atoms with Crippen molar-refractivity contribution in [2.75, 3.05) is 6.61 Å². The second-order valence-corrected chi connectivity index (χ2v) is 19.1. The van der Waals surface area contributed by atoms with Gasteiger partial charge in [0.25, 0.3) is 0 Å². The van der Waals surface area contributed by atoms with E-state index in [0.717, 1.165) is 49.0 Å². The predicted molar refractivity (Wildman–Crippen MR) is 138 cm³/mol. The molecule has 0 saturated heterocycles. The van der Waals surface area contributed by atoms with Gasteiger partial charge in [-0.25, -0.2) is 0 Å². The molecule has 3 heteroatoms. The number of aliphatic hydroxyl groups is 1. The van der Waals surface area contributed by atoms with Gasteiger partial charge in [-0.05, 0) is 116 Å². The summed E-state index contributed by atoms with van der Waals surface area (Å²) in [6.45, 7) is 20.5. The van der Waals surface area contributed by atoms with Crippen LogP contribution in [0.15, 0.2) is 11.6 Å². The molecule has 0 heterocycles. The quantitative estimate of drug-likeness (QED) is 0.333. The van der Waals surface area contributed by atoms with Crippen molar-refractivity contribution in [2.45, 2.75) is 124 Å². The minimum Gasteiger partial charge on any atom is -0.417 e. The van der Waals surface area contributed by atoms with E-state index in [1.54, 1.807) is 5.57 Å². The SMILES string of the molecule is C[C@H](CCO[Si](C)(C)C(C)(C)C)[C@H]1CC[C@H]2[C@@H]3CC=C4C[C@@H](O)CC[C@]4(C)[C@H]3CC[C@]12C. The van der Waals surface area contributed by atoms with Gasteiger partial charge in [-0.15, -0.1) is 0 Å². The molecule has 0 bridgehead atoms. The van der Waals surface area contributed by atoms with Gasteiger partial charge in [0.1, 0.15) is 0 Å². The maximum Gasteiger partial charge on any atom is 0.191 e. The molecule has 0 aromatic carbocycles. The van der Waals surface area contributed by atoms with Gasteiger partial charge in [0.2, 0.25) is 0 Å². The van der Waals surface area contributed by atoms with Crippen molar-refractivity contribution < 1.29 is 9.53 Å². The van der Waals surface area contributed by atoms with Crippen LogP contribution in [0.1, 0.15) is 99.3 Å². The van der Waals surface area contributed by atoms with Crippen molar-refractivity contribution in [1.29, 1.82) is 0 Å². The zero-order valence-electron chi connectivity index (χ0n) is 22.5. The highest BCUT2D eigenvalue weighted by molar-refractivity contribution is 6.74. The van der Waals surface area contributed by atoms with E-state index in [1.165, 1.54) is 44.9 Å². The number of aliphatic hydroxyl groups excluding tert-OH is 1. The minimum atomic E-state index is -1.64. The number of hydrogen-bond donors (Lipinski definition) is 1. The summed E-state index contributed by atoms with van der Waals surface area (Å²) in [7, 11) is -1.64. The van der Waals surface area contributed by atoms with Crippen LogP contribution in [0.25, 0.3) is 0 Å². The first kappa shape index (κ1) is 25.0. The molecular formula is C29H52O2Si. The van der Waals surface area contributed by atoms with Gasteiger partial charge in [-0.1, -0.05) is 53.2 Å². The second-order valence-electron chi connectivity index (χ2n) is 14.3. The first-order valence-electron chi connectivity index (χ1n) is 13.8. The van der Waals surface area contributed by atoms with E-state index in [-0.39, 0.29) is 6.10 Å². The van der Waals surface area contributed by atoms with Crippen LogP contribution < -0.4 is 0 Å². The van der Waals surface area contributed by atoms with Crippen LogP contribution in [0.4, 0.5) is 0 Å². The molecule has 4 aliphatic rings. The molecule has 3 fully saturated rings. The summed E-state index contributed by atoms with van der Waals surface area (Å²) in [5.41, 5.74) is 2.49. The van der Waals surface area contributed by atoms with E-state index in [2.05, 4.69) is 60.7 Å². The van der Waals surface area contributed by atoms with E-state index < -0.39 is 8.32 Å². The molecule has 2 nitrogen and oxygen atoms in total. The fraction of sp³-hybridized carbons (Fsp3) is 0.931. The summed E-state index contributed by atoms with van der Waals surface area (Å²) in [4.78, 5) is 0. The molecule has 0 unspecified atom stereocenters. The fourth-order valence-corrected chi connectivity index (χ4v) is 9.60. The van der Waals surface area contributed by atoms with Crippen LogP contribution in [0.3, 0.4) is 0 Å². The second kappa shape index (κ2) is 8.52. The Morgan fingerprint density at radius 1 is 1.09 bits per heavy atom. The summed E-state index contributed by atoms with van der Waals surface area (Å²) >= 11 is 0. The Morgan fingerprint density at radius 2 is 1.81 bits per heavy atom. The van der Waals surface area contributed by atoms with Gasteiger partial charge in [0, 0.05) is 6.61 Å². The molecule has 0 radical (unpaired) electrons. The van der Waals surface area contributed by atoms with E-state index >= 15 is 0 Å². The monoisotopic (exact) mass is 460 g/mol. The van der Waals surface area contributed by atoms with E-state index in [9.17, 15) is 5.11 Å². The van der Waals surface area contributed by atoms with Gasteiger partial charge < -0.3 is 9.53 Å². The van der Waals surface area contributed by atoms with E-state index in [0.29, 0.717) is 15.9 Å². The van der Waals surface area contributed by atoms with Gasteiger partial charge >= 0.3 is 0 Å². The summed E-state index contributed by atoms with van der Waals surface area (Å²) in [6.07, 6.45) is 13.8. The van der Waals surface area contributed by atoms with Crippen molar-refractivity contribution >= 4 is 8.32 Å². The fourth-order valence-electron chi connectivity index (χ4n) is 8.53. The summed E-state index contributed by atoms with van der Waals surface area (Å²) in [5, 5.41) is 10.6. The van der Waals surface area contributed by atoms with Crippen molar-refractivity contribution in [1.82, 2.24) is 0 Å². The third kappa shape index (κ3) is 4.11. The molecule has 3 saturated carbocycles. The van der Waals surface area contributed by atoms with Crippen LogP contribution in [-0.2, 0) is 4.43 Å². The van der Waals surface area contributed by atoms with E-state index in [1.807, 2.05) is 0 Å². The number of rotatable bonds is 5. The predicted octanol–water partition coefficient (Wildman–Crippen LogP) is 7.97. The largest absolute Gasteiger partial charge is 0.417 e. The molecule has 1 N–H and O–H groups in total. The summed E-state index contributed by atoms with van der Waals surface area (Å²) in [5.74, 6) is 4.25. The maximum absolute atomic E-state index is 10.3. The standard InChI is InChI=1S/C29H52O2Si/c1-20(15-18-31-32(7,8)27(2,3)4)24-11-12-25-23-10-9-21-19-22(30)13-16-28(21,5)26(23)14-17-29(24,25)6/h9,20,22-26,30H,10-19H2,1-8H3/t20-,22+,23+,24-,25+,26+,28+,29-/m1/s1. The van der Waals surface area contributed by atoms with Gasteiger partial charge in [0.05, 0.1) is 6.10 Å². The third-order valence-corrected chi connectivity index (χ3v) is 16.2. The van der Waals surface area contributed by atoms with Crippen LogP contribution in [0, 0.1) is 40.4 Å². The highest BCUT2D eigenvalue weighted by Crippen LogP contribution is 2.67. The number of allylic oxidation sites excluding steroid dienone is 1. The van der Waals surface area contributed by atoms with Crippen LogP contribution in [0.2, 0.25) is 18.1 Å². The molecule has 4 aliphatic carbocycles. The lowest BCUT2D eigenvalue weighted by Crippen LogP contribution is -2.50. The van der Waals surface area contributed by atoms with E-state index in [4.69, 9.17) is 4.43 Å². The first-order chi connectivity index (χ1) is 14.8. The van der Waals surface area contributed by atoms with Crippen molar-refractivity contribution in [2.24, 2.45) is 40.4 Å². The van der Waals surface area contributed by atoms with Gasteiger partial charge in [-0.2, -0.15) is 0 Å². The number of hydrogen-bond acceptors (Lipinski definition) is 2. The molecule has 8 atom stereocenters. The molecule has 0 aromatic rings. The zero-order chi connectivity index (χ0) is 23.5. The zero-order valence-corrected chi connectivity index (χ0v) is 23.5. The Labute approximate surface area is 200 Å². The smallest absolute Gasteiger partial charge is 0.191 e. The van der Waals surface area contributed by atoms with Crippen LogP contribution >= 0.6 is 0 Å². The minimum absolute atomic E-state index is 0.0926. The molecule has 0 amide bonds. The Bertz CT molecular complexity index is 721. The Hall–Kier alpha value is -0.123. The lowest BCUT2D eigenvalue weighted by Gasteiger charge is -2.58. The van der Waals surface area contributed by atoms with Crippen LogP contribution in [-0.4, -0.2) is 26.1 Å². The lowest BCUT2D eigenvalue weighted by atomic mass is 9.47. The van der Waals surface area contributed by atoms with Gasteiger partial charge in [0.15, 0.2) is 8.32 Å². The average Bonchev–Trinajstić information content (AvgIpc) is 3.04. The third-order valence-electron chi connectivity index (χ3n) is 11.7. The van der Waals surface area contributed by atoms with Crippen molar-refractivity contribution in [3.05, 3.63) is 11.6 Å². The Balaban J connectivity index is 1.43. The molecule has 0 spiro atoms. The van der Waals surface area contributed by atoms with Crippen molar-refractivity contribution in [3.63, 3.8) is 0 Å². The maximum atomic E-state index is 10.3. The number of fused-ring (bicyclic) bond motifs is 5. The van der Waals surface area contributed by atoms with Gasteiger partial charge in [-0.3, -0.25) is 0 Å². The highest BCUT2D eigenvalue weighted by atomic mass is 28.4. The summed E-state index contributed by atoms with van der Waals surface area (Å²) < 4.78 is 6.57. The normalized spacial score (nSPS) is 43.2. The summed E-state index contributed by atoms with van der Waals surface area (Å²) in [6, 6.07) is 0. The molecule has 4 rings (SSSR count).